The second kappa shape index (κ2) is 7.32. The summed E-state index contributed by atoms with van der Waals surface area (Å²) in [6.07, 6.45) is 0. The number of hydrogen-bond acceptors (Lipinski definition) is 2. The monoisotopic (exact) mass is 276 g/mol. The fraction of sp³-hybridized carbons (Fsp3) is 0.588. The van der Waals surface area contributed by atoms with Crippen LogP contribution in [0.5, 0.6) is 0 Å². The highest BCUT2D eigenvalue weighted by Crippen LogP contribution is 2.18. The molecule has 0 aromatic heterocycles. The first-order chi connectivity index (χ1) is 9.35. The van der Waals surface area contributed by atoms with E-state index in [1.165, 1.54) is 0 Å². The van der Waals surface area contributed by atoms with Crippen molar-refractivity contribution < 1.29 is 4.79 Å². The molecule has 1 N–H and O–H groups in total. The van der Waals surface area contributed by atoms with E-state index < -0.39 is 0 Å². The Morgan fingerprint density at radius 3 is 2.10 bits per heavy atom. The molecule has 3 heteroatoms. The zero-order valence-electron chi connectivity index (χ0n) is 13.7. The van der Waals surface area contributed by atoms with Gasteiger partial charge in [0.15, 0.2) is 0 Å². The van der Waals surface area contributed by atoms with E-state index in [1.54, 1.807) is 0 Å². The quantitative estimate of drug-likeness (QED) is 0.857. The SMILES string of the molecule is CNc1ccc(C(=O)N(CC(C)C)CC(C)C)c(C)c1. The summed E-state index contributed by atoms with van der Waals surface area (Å²) in [5.74, 6) is 1.11. The van der Waals surface area contributed by atoms with Gasteiger partial charge < -0.3 is 10.2 Å². The molecule has 1 aromatic carbocycles. The third-order valence-electron chi connectivity index (χ3n) is 3.20. The van der Waals surface area contributed by atoms with Gasteiger partial charge in [0, 0.05) is 31.4 Å². The van der Waals surface area contributed by atoms with Crippen LogP contribution < -0.4 is 5.32 Å². The van der Waals surface area contributed by atoms with Gasteiger partial charge in [-0.2, -0.15) is 0 Å². The lowest BCUT2D eigenvalue weighted by molar-refractivity contribution is 0.0714. The van der Waals surface area contributed by atoms with E-state index in [-0.39, 0.29) is 5.91 Å². The van der Waals surface area contributed by atoms with Gasteiger partial charge in [-0.05, 0) is 42.5 Å². The van der Waals surface area contributed by atoms with Gasteiger partial charge in [0.2, 0.25) is 0 Å². The van der Waals surface area contributed by atoms with Gasteiger partial charge in [-0.1, -0.05) is 27.7 Å². The first kappa shape index (κ1) is 16.5. The van der Waals surface area contributed by atoms with Gasteiger partial charge >= 0.3 is 0 Å². The number of benzene rings is 1. The van der Waals surface area contributed by atoms with E-state index >= 15 is 0 Å². The van der Waals surface area contributed by atoms with Crippen molar-refractivity contribution in [2.45, 2.75) is 34.6 Å². The number of carbonyl (C=O) groups excluding carboxylic acids is 1. The van der Waals surface area contributed by atoms with Crippen molar-refractivity contribution in [1.29, 1.82) is 0 Å². The zero-order chi connectivity index (χ0) is 15.3. The fourth-order valence-corrected chi connectivity index (χ4v) is 2.35. The molecule has 1 rings (SSSR count). The first-order valence-electron chi connectivity index (χ1n) is 7.42. The molecule has 3 nitrogen and oxygen atoms in total. The zero-order valence-corrected chi connectivity index (χ0v) is 13.7. The van der Waals surface area contributed by atoms with Crippen LogP contribution in [-0.2, 0) is 0 Å². The molecule has 112 valence electrons. The summed E-state index contributed by atoms with van der Waals surface area (Å²) >= 11 is 0. The highest BCUT2D eigenvalue weighted by Gasteiger charge is 2.19. The van der Waals surface area contributed by atoms with E-state index in [0.29, 0.717) is 11.8 Å². The van der Waals surface area contributed by atoms with Crippen molar-refractivity contribution >= 4 is 11.6 Å². The third-order valence-corrected chi connectivity index (χ3v) is 3.20. The second-order valence-corrected chi connectivity index (χ2v) is 6.28. The lowest BCUT2D eigenvalue weighted by Crippen LogP contribution is -2.37. The van der Waals surface area contributed by atoms with Gasteiger partial charge in [-0.25, -0.2) is 0 Å². The number of aryl methyl sites for hydroxylation is 1. The summed E-state index contributed by atoms with van der Waals surface area (Å²) in [6.45, 7) is 12.2. The van der Waals surface area contributed by atoms with Crippen LogP contribution in [0.3, 0.4) is 0 Å². The molecule has 0 bridgehead atoms. The van der Waals surface area contributed by atoms with Crippen molar-refractivity contribution in [3.8, 4) is 0 Å². The van der Waals surface area contributed by atoms with Crippen molar-refractivity contribution in [2.24, 2.45) is 11.8 Å². The molecule has 0 aliphatic rings. The Labute approximate surface area is 123 Å². The minimum atomic E-state index is 0.146. The number of hydrogen-bond donors (Lipinski definition) is 1. The normalized spacial score (nSPS) is 11.0. The number of carbonyl (C=O) groups is 1. The summed E-state index contributed by atoms with van der Waals surface area (Å²) in [5, 5.41) is 3.10. The maximum Gasteiger partial charge on any atom is 0.254 e. The largest absolute Gasteiger partial charge is 0.388 e. The van der Waals surface area contributed by atoms with Crippen LogP contribution in [0, 0.1) is 18.8 Å². The fourth-order valence-electron chi connectivity index (χ4n) is 2.35. The smallest absolute Gasteiger partial charge is 0.254 e. The molecule has 0 unspecified atom stereocenters. The Kier molecular flexibility index (Phi) is 6.05. The van der Waals surface area contributed by atoms with Crippen LogP contribution in [0.1, 0.15) is 43.6 Å². The Hall–Kier alpha value is -1.51. The van der Waals surface area contributed by atoms with Crippen molar-refractivity contribution in [3.05, 3.63) is 29.3 Å². The average Bonchev–Trinajstić information content (AvgIpc) is 2.35. The van der Waals surface area contributed by atoms with Gasteiger partial charge in [0.25, 0.3) is 5.91 Å². The molecule has 0 spiro atoms. The Morgan fingerprint density at radius 1 is 1.15 bits per heavy atom. The lowest BCUT2D eigenvalue weighted by atomic mass is 10.0. The maximum atomic E-state index is 12.7. The van der Waals surface area contributed by atoms with Crippen molar-refractivity contribution in [2.75, 3.05) is 25.5 Å². The molecule has 0 saturated carbocycles. The minimum absolute atomic E-state index is 0.146. The van der Waals surface area contributed by atoms with Crippen LogP contribution in [0.25, 0.3) is 0 Å². The van der Waals surface area contributed by atoms with E-state index in [2.05, 4.69) is 33.0 Å². The molecule has 0 saturated heterocycles. The number of rotatable bonds is 6. The molecule has 0 aliphatic heterocycles. The Bertz CT molecular complexity index is 442. The number of anilines is 1. The minimum Gasteiger partial charge on any atom is -0.388 e. The number of amides is 1. The predicted octanol–water partition coefficient (Wildman–Crippen LogP) is 3.79. The molecule has 0 aliphatic carbocycles. The standard InChI is InChI=1S/C17H28N2O/c1-12(2)10-19(11-13(3)4)17(20)16-8-7-15(18-6)9-14(16)5/h7-9,12-13,18H,10-11H2,1-6H3. The van der Waals surface area contributed by atoms with Gasteiger partial charge in [-0.15, -0.1) is 0 Å². The first-order valence-corrected chi connectivity index (χ1v) is 7.42. The summed E-state index contributed by atoms with van der Waals surface area (Å²) < 4.78 is 0. The van der Waals surface area contributed by atoms with E-state index in [0.717, 1.165) is 29.9 Å². The van der Waals surface area contributed by atoms with Gasteiger partial charge in [0.05, 0.1) is 0 Å². The molecule has 1 aromatic rings. The Balaban J connectivity index is 2.99. The van der Waals surface area contributed by atoms with Crippen LogP contribution in [0.2, 0.25) is 0 Å². The van der Waals surface area contributed by atoms with Crippen LogP contribution in [0.15, 0.2) is 18.2 Å². The number of nitrogens with zero attached hydrogens (tertiary/aromatic N) is 1. The number of nitrogens with one attached hydrogen (secondary N) is 1. The van der Waals surface area contributed by atoms with E-state index in [4.69, 9.17) is 0 Å². The van der Waals surface area contributed by atoms with E-state index in [1.807, 2.05) is 37.1 Å². The van der Waals surface area contributed by atoms with E-state index in [9.17, 15) is 4.79 Å². The topological polar surface area (TPSA) is 32.3 Å². The molecular weight excluding hydrogens is 248 g/mol. The van der Waals surface area contributed by atoms with Crippen LogP contribution >= 0.6 is 0 Å². The van der Waals surface area contributed by atoms with Gasteiger partial charge in [-0.3, -0.25) is 4.79 Å². The maximum absolute atomic E-state index is 12.7. The van der Waals surface area contributed by atoms with Gasteiger partial charge in [0.1, 0.15) is 0 Å². The summed E-state index contributed by atoms with van der Waals surface area (Å²) in [5.41, 5.74) is 2.88. The molecule has 0 radical (unpaired) electrons. The molecule has 0 fully saturated rings. The summed E-state index contributed by atoms with van der Waals surface area (Å²) in [4.78, 5) is 14.7. The molecule has 0 heterocycles. The predicted molar refractivity (Wildman–Crippen MR) is 86.3 cm³/mol. The van der Waals surface area contributed by atoms with Crippen LogP contribution in [-0.4, -0.2) is 30.9 Å². The van der Waals surface area contributed by atoms with Crippen LogP contribution in [0.4, 0.5) is 5.69 Å². The summed E-state index contributed by atoms with van der Waals surface area (Å²) in [6, 6.07) is 5.91. The second-order valence-electron chi connectivity index (χ2n) is 6.28. The Morgan fingerprint density at radius 2 is 1.70 bits per heavy atom. The highest BCUT2D eigenvalue weighted by atomic mass is 16.2. The third kappa shape index (κ3) is 4.55. The highest BCUT2D eigenvalue weighted by molar-refractivity contribution is 5.96. The average molecular weight is 276 g/mol. The molecule has 20 heavy (non-hydrogen) atoms. The van der Waals surface area contributed by atoms with Crippen molar-refractivity contribution in [1.82, 2.24) is 4.90 Å². The molecular formula is C17H28N2O. The van der Waals surface area contributed by atoms with Crippen molar-refractivity contribution in [3.63, 3.8) is 0 Å². The summed E-state index contributed by atoms with van der Waals surface area (Å²) in [7, 11) is 1.89. The molecule has 0 atom stereocenters. The lowest BCUT2D eigenvalue weighted by Gasteiger charge is -2.27. The molecule has 1 amide bonds.